The summed E-state index contributed by atoms with van der Waals surface area (Å²) in [6.45, 7) is 6.67. The average molecular weight is 402 g/mol. The van der Waals surface area contributed by atoms with E-state index in [2.05, 4.69) is 69.3 Å². The van der Waals surface area contributed by atoms with Gasteiger partial charge < -0.3 is 0 Å². The molecule has 0 saturated carbocycles. The summed E-state index contributed by atoms with van der Waals surface area (Å²) in [7, 11) is 0. The number of nitrogens with zero attached hydrogens (tertiary/aromatic N) is 2. The third kappa shape index (κ3) is 2.90. The van der Waals surface area contributed by atoms with E-state index in [9.17, 15) is 14.9 Å². The van der Waals surface area contributed by atoms with Crippen LogP contribution in [0.4, 0.5) is 4.39 Å². The quantitative estimate of drug-likeness (QED) is 0.274. The van der Waals surface area contributed by atoms with Crippen LogP contribution in [-0.4, -0.2) is 0 Å². The molecule has 0 heterocycles. The van der Waals surface area contributed by atoms with Gasteiger partial charge in [0.15, 0.2) is 5.82 Å². The Morgan fingerprint density at radius 1 is 0.645 bits per heavy atom. The van der Waals surface area contributed by atoms with E-state index in [0.29, 0.717) is 5.56 Å². The minimum Gasteiger partial charge on any atom is -0.204 e. The lowest BCUT2D eigenvalue weighted by Crippen LogP contribution is -2.10. The minimum atomic E-state index is -0.763. The zero-order valence-electron chi connectivity index (χ0n) is 17.5. The van der Waals surface area contributed by atoms with E-state index in [1.165, 1.54) is 39.2 Å². The number of hydrogen-bond acceptors (Lipinski definition) is 2. The van der Waals surface area contributed by atoms with Gasteiger partial charge in [0.1, 0.15) is 12.1 Å². The summed E-state index contributed by atoms with van der Waals surface area (Å²) in [5.41, 5.74) is 2.65. The zero-order chi connectivity index (χ0) is 21.9. The van der Waals surface area contributed by atoms with Gasteiger partial charge in [-0.05, 0) is 78.7 Å². The molecule has 5 aromatic carbocycles. The molecule has 5 aromatic rings. The number of rotatable bonds is 1. The maximum Gasteiger partial charge on any atom is 0.158 e. The van der Waals surface area contributed by atoms with Crippen molar-refractivity contribution in [3.8, 4) is 23.3 Å². The molecular formula is C28H19FN2. The van der Waals surface area contributed by atoms with Crippen LogP contribution in [0.5, 0.6) is 0 Å². The van der Waals surface area contributed by atoms with Crippen LogP contribution in [0.25, 0.3) is 43.4 Å². The van der Waals surface area contributed by atoms with Crippen molar-refractivity contribution in [2.24, 2.45) is 0 Å². The smallest absolute Gasteiger partial charge is 0.158 e. The molecule has 0 bridgehead atoms. The summed E-state index contributed by atoms with van der Waals surface area (Å²) < 4.78 is 14.2. The van der Waals surface area contributed by atoms with Gasteiger partial charge in [0.05, 0.1) is 11.1 Å². The van der Waals surface area contributed by atoms with Crippen LogP contribution in [0.3, 0.4) is 0 Å². The summed E-state index contributed by atoms with van der Waals surface area (Å²) >= 11 is 0. The average Bonchev–Trinajstić information content (AvgIpc) is 2.76. The van der Waals surface area contributed by atoms with E-state index in [0.717, 1.165) is 16.3 Å². The van der Waals surface area contributed by atoms with Crippen molar-refractivity contribution in [3.63, 3.8) is 0 Å². The van der Waals surface area contributed by atoms with Gasteiger partial charge in [0.25, 0.3) is 0 Å². The molecule has 3 heteroatoms. The highest BCUT2D eigenvalue weighted by atomic mass is 19.1. The second-order valence-corrected chi connectivity index (χ2v) is 9.09. The molecule has 0 spiro atoms. The van der Waals surface area contributed by atoms with Crippen LogP contribution in [0.2, 0.25) is 0 Å². The second kappa shape index (κ2) is 6.53. The molecule has 0 amide bonds. The molecule has 148 valence electrons. The van der Waals surface area contributed by atoms with Crippen LogP contribution in [-0.2, 0) is 5.41 Å². The topological polar surface area (TPSA) is 47.6 Å². The Morgan fingerprint density at radius 2 is 1.03 bits per heavy atom. The summed E-state index contributed by atoms with van der Waals surface area (Å²) in [5, 5.41) is 25.6. The molecule has 0 N–H and O–H groups in total. The minimum absolute atomic E-state index is 0.0666. The van der Waals surface area contributed by atoms with E-state index in [1.807, 2.05) is 12.1 Å². The van der Waals surface area contributed by atoms with Gasteiger partial charge in [-0.3, -0.25) is 0 Å². The SMILES string of the molecule is CC(C)(C)c1cc2ccc3cc(-c4cc(C#N)c(F)c(C#N)c4)cc4ccc(c1)c2c34. The maximum atomic E-state index is 14.2. The Kier molecular flexibility index (Phi) is 4.01. The highest BCUT2D eigenvalue weighted by Crippen LogP contribution is 2.39. The molecule has 0 aliphatic carbocycles. The largest absolute Gasteiger partial charge is 0.204 e. The Balaban J connectivity index is 1.80. The molecule has 0 atom stereocenters. The Morgan fingerprint density at radius 3 is 1.42 bits per heavy atom. The number of halogens is 1. The lowest BCUT2D eigenvalue weighted by atomic mass is 9.83. The summed E-state index contributed by atoms with van der Waals surface area (Å²) in [4.78, 5) is 0. The molecular weight excluding hydrogens is 383 g/mol. The molecule has 0 saturated heterocycles. The fourth-order valence-corrected chi connectivity index (χ4v) is 4.39. The predicted molar refractivity (Wildman–Crippen MR) is 124 cm³/mol. The molecule has 31 heavy (non-hydrogen) atoms. The molecule has 0 radical (unpaired) electrons. The fraction of sp³-hybridized carbons (Fsp3) is 0.143. The van der Waals surface area contributed by atoms with Gasteiger partial charge in [-0.25, -0.2) is 4.39 Å². The van der Waals surface area contributed by atoms with Gasteiger partial charge in [0, 0.05) is 0 Å². The molecule has 0 fully saturated rings. The third-order valence-electron chi connectivity index (χ3n) is 6.05. The molecule has 0 aliphatic rings. The van der Waals surface area contributed by atoms with Gasteiger partial charge in [-0.15, -0.1) is 0 Å². The summed E-state index contributed by atoms with van der Waals surface area (Å²) in [6, 6.07) is 23.9. The second-order valence-electron chi connectivity index (χ2n) is 9.09. The fourth-order valence-electron chi connectivity index (χ4n) is 4.39. The van der Waals surface area contributed by atoms with Crippen molar-refractivity contribution in [2.75, 3.05) is 0 Å². The van der Waals surface area contributed by atoms with E-state index in [-0.39, 0.29) is 16.5 Å². The van der Waals surface area contributed by atoms with Crippen molar-refractivity contribution in [1.82, 2.24) is 0 Å². The lowest BCUT2D eigenvalue weighted by Gasteiger charge is -2.21. The summed E-state index contributed by atoms with van der Waals surface area (Å²) in [6.07, 6.45) is 0. The number of nitriles is 2. The first-order chi connectivity index (χ1) is 14.8. The highest BCUT2D eigenvalue weighted by molar-refractivity contribution is 6.24. The first-order valence-corrected chi connectivity index (χ1v) is 10.2. The summed E-state index contributed by atoms with van der Waals surface area (Å²) in [5.74, 6) is -0.763. The van der Waals surface area contributed by atoms with Gasteiger partial charge in [-0.1, -0.05) is 57.2 Å². The Bertz CT molecular complexity index is 1490. The van der Waals surface area contributed by atoms with Crippen LogP contribution < -0.4 is 0 Å². The first kappa shape index (κ1) is 19.0. The first-order valence-electron chi connectivity index (χ1n) is 10.2. The number of benzene rings is 5. The van der Waals surface area contributed by atoms with Gasteiger partial charge >= 0.3 is 0 Å². The lowest BCUT2D eigenvalue weighted by molar-refractivity contribution is 0.591. The van der Waals surface area contributed by atoms with Crippen molar-refractivity contribution in [3.05, 3.63) is 83.2 Å². The molecule has 0 aromatic heterocycles. The van der Waals surface area contributed by atoms with Crippen LogP contribution in [0, 0.1) is 28.5 Å². The van der Waals surface area contributed by atoms with Crippen molar-refractivity contribution in [1.29, 1.82) is 10.5 Å². The van der Waals surface area contributed by atoms with E-state index >= 15 is 0 Å². The monoisotopic (exact) mass is 402 g/mol. The Labute approximate surface area is 180 Å². The Hall–Kier alpha value is -3.95. The molecule has 0 aliphatic heterocycles. The maximum absolute atomic E-state index is 14.2. The van der Waals surface area contributed by atoms with Gasteiger partial charge in [-0.2, -0.15) is 10.5 Å². The van der Waals surface area contributed by atoms with Crippen LogP contribution in [0.1, 0.15) is 37.5 Å². The standard InChI is InChI=1S/C28H19FN2/c1-28(2,3)24-12-18-6-4-16-8-20(9-17-5-7-19(13-24)26(18)25(16)17)21-10-22(14-30)27(29)23(11-21)15-31/h4-13H,1-3H3. The van der Waals surface area contributed by atoms with E-state index < -0.39 is 5.82 Å². The van der Waals surface area contributed by atoms with Crippen LogP contribution >= 0.6 is 0 Å². The van der Waals surface area contributed by atoms with Crippen molar-refractivity contribution >= 4 is 32.3 Å². The van der Waals surface area contributed by atoms with Crippen LogP contribution in [0.15, 0.2) is 60.7 Å². The number of hydrogen-bond donors (Lipinski definition) is 0. The third-order valence-corrected chi connectivity index (χ3v) is 6.05. The molecule has 5 rings (SSSR count). The zero-order valence-corrected chi connectivity index (χ0v) is 17.5. The van der Waals surface area contributed by atoms with E-state index in [4.69, 9.17) is 0 Å². The molecule has 2 nitrogen and oxygen atoms in total. The van der Waals surface area contributed by atoms with E-state index in [1.54, 1.807) is 0 Å². The highest BCUT2D eigenvalue weighted by Gasteiger charge is 2.18. The molecule has 0 unspecified atom stereocenters. The normalized spacial score (nSPS) is 11.8. The van der Waals surface area contributed by atoms with Crippen molar-refractivity contribution < 1.29 is 4.39 Å². The predicted octanol–water partition coefficient (Wildman–Crippen LogP) is 7.43. The van der Waals surface area contributed by atoms with Gasteiger partial charge in [0.2, 0.25) is 0 Å². The van der Waals surface area contributed by atoms with Crippen molar-refractivity contribution in [2.45, 2.75) is 26.2 Å².